The number of carbonyl (C=O) groups is 2. The van der Waals surface area contributed by atoms with Crippen LogP contribution in [-0.2, 0) is 11.0 Å². The number of carbonyl (C=O) groups excluding carboxylic acids is 2. The molecule has 0 spiro atoms. The maximum absolute atomic E-state index is 12.5. The van der Waals surface area contributed by atoms with Gasteiger partial charge in [-0.3, -0.25) is 14.6 Å². The minimum atomic E-state index is -4.55. The molecule has 1 aliphatic heterocycles. The number of rotatable bonds is 3. The molecule has 27 heavy (non-hydrogen) atoms. The molecule has 0 saturated carbocycles. The topological polar surface area (TPSA) is 88.3 Å². The number of amides is 2. The fraction of sp³-hybridized carbons (Fsp3) is 0.412. The Bertz CT molecular complexity index is 825. The largest absolute Gasteiger partial charge is 0.433 e. The lowest BCUT2D eigenvalue weighted by atomic mass is 9.95. The second kappa shape index (κ2) is 7.37. The first-order valence-corrected chi connectivity index (χ1v) is 8.31. The Kier molecular flexibility index (Phi) is 5.15. The van der Waals surface area contributed by atoms with Crippen LogP contribution in [0.4, 0.5) is 19.0 Å². The van der Waals surface area contributed by atoms with E-state index < -0.39 is 17.8 Å². The van der Waals surface area contributed by atoms with Crippen molar-refractivity contribution >= 4 is 17.6 Å². The zero-order valence-corrected chi connectivity index (χ0v) is 14.4. The van der Waals surface area contributed by atoms with E-state index in [-0.39, 0.29) is 17.4 Å². The molecule has 144 valence electrons. The van der Waals surface area contributed by atoms with Crippen LogP contribution in [0.15, 0.2) is 28.9 Å². The van der Waals surface area contributed by atoms with E-state index in [2.05, 4.69) is 15.5 Å². The third kappa shape index (κ3) is 4.44. The quantitative estimate of drug-likeness (QED) is 0.882. The van der Waals surface area contributed by atoms with Gasteiger partial charge in [-0.2, -0.15) is 13.2 Å². The number of nitrogens with zero attached hydrogens (tertiary/aromatic N) is 3. The Labute approximate surface area is 152 Å². The first kappa shape index (κ1) is 18.9. The van der Waals surface area contributed by atoms with E-state index in [9.17, 15) is 22.8 Å². The van der Waals surface area contributed by atoms with Crippen LogP contribution in [0.1, 0.15) is 34.7 Å². The van der Waals surface area contributed by atoms with Gasteiger partial charge < -0.3 is 14.7 Å². The third-order valence-electron chi connectivity index (χ3n) is 4.33. The highest BCUT2D eigenvalue weighted by Gasteiger charge is 2.33. The van der Waals surface area contributed by atoms with Crippen LogP contribution < -0.4 is 5.32 Å². The lowest BCUT2D eigenvalue weighted by Gasteiger charge is -2.31. The number of nitrogens with one attached hydrogen (secondary N) is 1. The molecule has 3 rings (SSSR count). The molecule has 1 fully saturated rings. The van der Waals surface area contributed by atoms with E-state index in [4.69, 9.17) is 4.52 Å². The summed E-state index contributed by atoms with van der Waals surface area (Å²) < 4.78 is 42.5. The number of hydrogen-bond acceptors (Lipinski definition) is 5. The van der Waals surface area contributed by atoms with Crippen molar-refractivity contribution in [1.82, 2.24) is 15.0 Å². The van der Waals surface area contributed by atoms with E-state index in [1.165, 1.54) is 4.90 Å². The molecule has 10 heteroatoms. The number of anilines is 1. The van der Waals surface area contributed by atoms with Crippen molar-refractivity contribution in [3.8, 4) is 0 Å². The van der Waals surface area contributed by atoms with E-state index in [1.807, 2.05) is 0 Å². The molecule has 0 atom stereocenters. The van der Waals surface area contributed by atoms with Crippen LogP contribution >= 0.6 is 0 Å². The average molecular weight is 382 g/mol. The molecular formula is C17H17F3N4O3. The summed E-state index contributed by atoms with van der Waals surface area (Å²) in [5.41, 5.74) is -0.957. The first-order chi connectivity index (χ1) is 12.7. The smallest absolute Gasteiger partial charge is 0.360 e. The highest BCUT2D eigenvalue weighted by atomic mass is 19.4. The minimum Gasteiger partial charge on any atom is -0.360 e. The normalized spacial score (nSPS) is 15.6. The molecule has 2 aromatic heterocycles. The van der Waals surface area contributed by atoms with Gasteiger partial charge in [0, 0.05) is 31.3 Å². The molecule has 0 unspecified atom stereocenters. The van der Waals surface area contributed by atoms with Gasteiger partial charge in [-0.25, -0.2) is 0 Å². The zero-order chi connectivity index (χ0) is 19.6. The third-order valence-corrected chi connectivity index (χ3v) is 4.33. The van der Waals surface area contributed by atoms with E-state index in [1.54, 1.807) is 13.0 Å². The lowest BCUT2D eigenvalue weighted by Crippen LogP contribution is -2.41. The summed E-state index contributed by atoms with van der Waals surface area (Å²) in [7, 11) is 0. The van der Waals surface area contributed by atoms with Gasteiger partial charge in [0.15, 0.2) is 5.82 Å². The second-order valence-electron chi connectivity index (χ2n) is 6.31. The molecule has 2 amide bonds. The van der Waals surface area contributed by atoms with Gasteiger partial charge in [-0.15, -0.1) is 0 Å². The molecule has 1 N–H and O–H groups in total. The highest BCUT2D eigenvalue weighted by molar-refractivity contribution is 5.95. The van der Waals surface area contributed by atoms with Gasteiger partial charge in [0.1, 0.15) is 11.5 Å². The highest BCUT2D eigenvalue weighted by Crippen LogP contribution is 2.27. The summed E-state index contributed by atoms with van der Waals surface area (Å²) in [5, 5.41) is 6.36. The van der Waals surface area contributed by atoms with Crippen LogP contribution in [0.2, 0.25) is 0 Å². The van der Waals surface area contributed by atoms with Crippen LogP contribution in [0.5, 0.6) is 0 Å². The predicted octanol–water partition coefficient (Wildman–Crippen LogP) is 2.89. The van der Waals surface area contributed by atoms with E-state index in [0.717, 1.165) is 18.3 Å². The van der Waals surface area contributed by atoms with Gasteiger partial charge >= 0.3 is 6.18 Å². The van der Waals surface area contributed by atoms with Gasteiger partial charge in [-0.05, 0) is 31.9 Å². The van der Waals surface area contributed by atoms with Gasteiger partial charge in [-0.1, -0.05) is 5.16 Å². The minimum absolute atomic E-state index is 0.0870. The second-order valence-corrected chi connectivity index (χ2v) is 6.31. The first-order valence-electron chi connectivity index (χ1n) is 8.31. The van der Waals surface area contributed by atoms with Gasteiger partial charge in [0.05, 0.1) is 5.56 Å². The monoisotopic (exact) mass is 382 g/mol. The summed E-state index contributed by atoms with van der Waals surface area (Å²) in [4.78, 5) is 29.5. The van der Waals surface area contributed by atoms with Crippen molar-refractivity contribution in [3.63, 3.8) is 0 Å². The Morgan fingerprint density at radius 3 is 2.48 bits per heavy atom. The van der Waals surface area contributed by atoms with Crippen molar-refractivity contribution in [2.45, 2.75) is 25.9 Å². The van der Waals surface area contributed by atoms with Crippen molar-refractivity contribution in [3.05, 3.63) is 41.4 Å². The summed E-state index contributed by atoms with van der Waals surface area (Å²) in [6.07, 6.45) is -2.72. The van der Waals surface area contributed by atoms with E-state index >= 15 is 0 Å². The van der Waals surface area contributed by atoms with Crippen LogP contribution in [-0.4, -0.2) is 39.9 Å². The number of alkyl halides is 3. The van der Waals surface area contributed by atoms with Crippen molar-refractivity contribution in [1.29, 1.82) is 0 Å². The Hall–Kier alpha value is -2.91. The maximum Gasteiger partial charge on any atom is 0.433 e. The number of piperidine rings is 1. The molecule has 1 saturated heterocycles. The van der Waals surface area contributed by atoms with Gasteiger partial charge in [0.2, 0.25) is 5.91 Å². The summed E-state index contributed by atoms with van der Waals surface area (Å²) in [6, 6.07) is 3.51. The summed E-state index contributed by atoms with van der Waals surface area (Å²) in [6.45, 7) is 2.37. The molecule has 1 aliphatic rings. The van der Waals surface area contributed by atoms with Crippen molar-refractivity contribution < 1.29 is 27.3 Å². The van der Waals surface area contributed by atoms with E-state index in [0.29, 0.717) is 37.5 Å². The number of hydrogen-bond donors (Lipinski definition) is 1. The van der Waals surface area contributed by atoms with Crippen LogP contribution in [0, 0.1) is 12.8 Å². The van der Waals surface area contributed by atoms with Gasteiger partial charge in [0.25, 0.3) is 5.91 Å². The molecule has 7 nitrogen and oxygen atoms in total. The number of aromatic nitrogens is 2. The Balaban J connectivity index is 1.55. The number of pyridine rings is 1. The Morgan fingerprint density at radius 1 is 1.26 bits per heavy atom. The molecule has 0 bridgehead atoms. The number of likely N-dealkylation sites (tertiary alicyclic amines) is 1. The standard InChI is InChI=1S/C17H17F3N4O3/c1-10-8-14(23-27-10)22-15(25)11-4-6-24(7-5-11)16(26)12-2-3-13(21-9-12)17(18,19)20/h2-3,8-9,11H,4-7H2,1H3,(H,22,23,25). The van der Waals surface area contributed by atoms with Crippen molar-refractivity contribution in [2.75, 3.05) is 18.4 Å². The lowest BCUT2D eigenvalue weighted by molar-refractivity contribution is -0.141. The molecule has 0 radical (unpaired) electrons. The molecule has 3 heterocycles. The maximum atomic E-state index is 12.5. The Morgan fingerprint density at radius 2 is 1.96 bits per heavy atom. The van der Waals surface area contributed by atoms with Crippen LogP contribution in [0.3, 0.4) is 0 Å². The molecule has 0 aromatic carbocycles. The summed E-state index contributed by atoms with van der Waals surface area (Å²) >= 11 is 0. The molecule has 0 aliphatic carbocycles. The fourth-order valence-corrected chi connectivity index (χ4v) is 2.87. The summed E-state index contributed by atoms with van der Waals surface area (Å²) in [5.74, 6) is 0.0355. The molecular weight excluding hydrogens is 365 g/mol. The average Bonchev–Trinajstić information content (AvgIpc) is 3.05. The molecule has 2 aromatic rings. The number of halogens is 3. The fourth-order valence-electron chi connectivity index (χ4n) is 2.87. The zero-order valence-electron chi connectivity index (χ0n) is 14.4. The van der Waals surface area contributed by atoms with Crippen LogP contribution in [0.25, 0.3) is 0 Å². The van der Waals surface area contributed by atoms with Crippen molar-refractivity contribution in [2.24, 2.45) is 5.92 Å². The SMILES string of the molecule is Cc1cc(NC(=O)C2CCN(C(=O)c3ccc(C(F)(F)F)nc3)CC2)no1. The predicted molar refractivity (Wildman–Crippen MR) is 87.7 cm³/mol. The number of aryl methyl sites for hydroxylation is 1.